The summed E-state index contributed by atoms with van der Waals surface area (Å²) in [6.07, 6.45) is 0.633. The van der Waals surface area contributed by atoms with Crippen molar-refractivity contribution >= 4 is 40.0 Å². The predicted octanol–water partition coefficient (Wildman–Crippen LogP) is 5.39. The molecule has 0 saturated carbocycles. The molecule has 0 radical (unpaired) electrons. The lowest BCUT2D eigenvalue weighted by molar-refractivity contribution is 0.102. The number of nitrogens with zero attached hydrogens (tertiary/aromatic N) is 1. The summed E-state index contributed by atoms with van der Waals surface area (Å²) in [6, 6.07) is 21.7. The number of rotatable bonds is 7. The number of aldehydes is 1. The Hall–Kier alpha value is -4.52. The number of hydrogen-bond donors (Lipinski definition) is 3. The summed E-state index contributed by atoms with van der Waals surface area (Å²) in [5.74, 6) is 0.160. The van der Waals surface area contributed by atoms with Crippen LogP contribution < -0.4 is 20.5 Å². The molecule has 1 amide bonds. The summed E-state index contributed by atoms with van der Waals surface area (Å²) in [5.41, 5.74) is 6.51. The number of hydrogen-bond acceptors (Lipinski definition) is 6. The van der Waals surface area contributed by atoms with Crippen molar-refractivity contribution in [3.05, 3.63) is 89.5 Å². The molecule has 0 fully saturated rings. The molecule has 0 aromatic heterocycles. The van der Waals surface area contributed by atoms with Gasteiger partial charge in [-0.15, -0.1) is 0 Å². The molecular weight excluding hydrogens is 430 g/mol. The van der Waals surface area contributed by atoms with E-state index in [0.29, 0.717) is 34.7 Å². The second-order valence-electron chi connectivity index (χ2n) is 7.86. The Balaban J connectivity index is 1.67. The second kappa shape index (κ2) is 9.54. The number of carbonyl (C=O) groups excluding carboxylic acids is 2. The first-order valence-corrected chi connectivity index (χ1v) is 10.7. The van der Waals surface area contributed by atoms with E-state index in [4.69, 9.17) is 4.74 Å². The van der Waals surface area contributed by atoms with Crippen LogP contribution in [-0.4, -0.2) is 31.5 Å². The summed E-state index contributed by atoms with van der Waals surface area (Å²) in [4.78, 5) is 24.1. The minimum absolute atomic E-state index is 0.119. The number of nitrogens with one attached hydrogen (secondary N) is 2. The molecular formula is C27H25N3O4. The van der Waals surface area contributed by atoms with E-state index in [9.17, 15) is 14.7 Å². The normalized spacial score (nSPS) is 10.6. The van der Waals surface area contributed by atoms with Crippen LogP contribution in [0.15, 0.2) is 72.8 Å². The van der Waals surface area contributed by atoms with Gasteiger partial charge in [0.15, 0.2) is 12.0 Å². The number of aryl methyl sites for hydroxylation is 1. The van der Waals surface area contributed by atoms with Gasteiger partial charge in [0, 0.05) is 29.8 Å². The van der Waals surface area contributed by atoms with Crippen LogP contribution in [0.1, 0.15) is 26.3 Å². The Morgan fingerprint density at radius 2 is 1.71 bits per heavy atom. The third-order valence-corrected chi connectivity index (χ3v) is 5.61. The van der Waals surface area contributed by atoms with Gasteiger partial charge in [-0.3, -0.25) is 20.0 Å². The molecule has 172 valence electrons. The molecule has 7 heteroatoms. The molecule has 0 saturated heterocycles. The molecule has 7 nitrogen and oxygen atoms in total. The maximum Gasteiger partial charge on any atom is 0.255 e. The largest absolute Gasteiger partial charge is 0.505 e. The fraction of sp³-hybridized carbons (Fsp3) is 0.111. The quantitative estimate of drug-likeness (QED) is 0.256. The van der Waals surface area contributed by atoms with Crippen LogP contribution in [0.2, 0.25) is 0 Å². The van der Waals surface area contributed by atoms with E-state index in [0.717, 1.165) is 16.3 Å². The highest BCUT2D eigenvalue weighted by Gasteiger charge is 2.18. The molecule has 3 N–H and O–H groups in total. The van der Waals surface area contributed by atoms with Gasteiger partial charge in [-0.2, -0.15) is 0 Å². The zero-order chi connectivity index (χ0) is 24.2. The van der Waals surface area contributed by atoms with Crippen LogP contribution in [0, 0.1) is 6.92 Å². The van der Waals surface area contributed by atoms with Crippen LogP contribution >= 0.6 is 0 Å². The predicted molar refractivity (Wildman–Crippen MR) is 135 cm³/mol. The number of benzene rings is 4. The molecule has 4 aromatic carbocycles. The molecule has 0 unspecified atom stereocenters. The van der Waals surface area contributed by atoms with Crippen molar-refractivity contribution in [1.82, 2.24) is 0 Å². The molecule has 4 aromatic rings. The highest BCUT2D eigenvalue weighted by Crippen LogP contribution is 2.39. The zero-order valence-corrected chi connectivity index (χ0v) is 19.1. The van der Waals surface area contributed by atoms with Crippen molar-refractivity contribution in [2.75, 3.05) is 29.9 Å². The standard InChI is InChI=1S/C27H25N3O4/c1-17-13-23(24(34-3)15-22(17)28-27(33)18-9-5-4-6-10-18)29-30(2)25-21-12-8-7-11-19(21)14-20(16-31)26(25)32/h4-16,29,32H,1-3H3,(H,28,33). The van der Waals surface area contributed by atoms with Gasteiger partial charge in [0.05, 0.1) is 18.4 Å². The number of carbonyl (C=O) groups is 2. The molecule has 34 heavy (non-hydrogen) atoms. The Bertz CT molecular complexity index is 1370. The van der Waals surface area contributed by atoms with Gasteiger partial charge < -0.3 is 15.2 Å². The van der Waals surface area contributed by atoms with Gasteiger partial charge in [-0.1, -0.05) is 42.5 Å². The third-order valence-electron chi connectivity index (χ3n) is 5.61. The van der Waals surface area contributed by atoms with Crippen molar-refractivity contribution in [2.45, 2.75) is 6.92 Å². The number of hydrazine groups is 1. The maximum absolute atomic E-state index is 12.6. The van der Waals surface area contributed by atoms with E-state index >= 15 is 0 Å². The van der Waals surface area contributed by atoms with Crippen molar-refractivity contribution in [3.8, 4) is 11.5 Å². The summed E-state index contributed by atoms with van der Waals surface area (Å²) in [5, 5.41) is 16.9. The number of phenols is 1. The van der Waals surface area contributed by atoms with Crippen LogP contribution in [-0.2, 0) is 0 Å². The third kappa shape index (κ3) is 4.36. The van der Waals surface area contributed by atoms with Crippen LogP contribution in [0.3, 0.4) is 0 Å². The molecule has 0 spiro atoms. The molecule has 0 bridgehead atoms. The van der Waals surface area contributed by atoms with Crippen molar-refractivity contribution < 1.29 is 19.4 Å². The van der Waals surface area contributed by atoms with E-state index in [1.807, 2.05) is 55.5 Å². The molecule has 0 aliphatic rings. The SMILES string of the molecule is COc1cc(NC(=O)c2ccccc2)c(C)cc1NN(C)c1c(O)c(C=O)cc2ccccc12. The Morgan fingerprint density at radius 1 is 1.00 bits per heavy atom. The van der Waals surface area contributed by atoms with Gasteiger partial charge in [-0.25, -0.2) is 0 Å². The number of aromatic hydroxyl groups is 1. The summed E-state index contributed by atoms with van der Waals surface area (Å²) < 4.78 is 5.57. The Kier molecular flexibility index (Phi) is 6.36. The molecule has 0 atom stereocenters. The number of amides is 1. The van der Waals surface area contributed by atoms with Crippen LogP contribution in [0.25, 0.3) is 10.8 Å². The van der Waals surface area contributed by atoms with Crippen LogP contribution in [0.5, 0.6) is 11.5 Å². The fourth-order valence-electron chi connectivity index (χ4n) is 3.87. The first-order valence-electron chi connectivity index (χ1n) is 10.7. The second-order valence-corrected chi connectivity index (χ2v) is 7.86. The first-order chi connectivity index (χ1) is 16.4. The Morgan fingerprint density at radius 3 is 2.41 bits per heavy atom. The Labute approximate surface area is 197 Å². The molecule has 0 aliphatic carbocycles. The summed E-state index contributed by atoms with van der Waals surface area (Å²) in [6.45, 7) is 1.88. The smallest absolute Gasteiger partial charge is 0.255 e. The van der Waals surface area contributed by atoms with Gasteiger partial charge in [-0.05, 0) is 42.1 Å². The fourth-order valence-corrected chi connectivity index (χ4v) is 3.87. The first kappa shape index (κ1) is 22.7. The average molecular weight is 456 g/mol. The van der Waals surface area contributed by atoms with Gasteiger partial charge in [0.2, 0.25) is 0 Å². The minimum Gasteiger partial charge on any atom is -0.505 e. The van der Waals surface area contributed by atoms with E-state index < -0.39 is 0 Å². The number of ether oxygens (including phenoxy) is 1. The number of methoxy groups -OCH3 is 1. The van der Waals surface area contributed by atoms with Gasteiger partial charge in [0.1, 0.15) is 11.4 Å². The topological polar surface area (TPSA) is 90.9 Å². The maximum atomic E-state index is 12.6. The molecule has 4 rings (SSSR count). The highest BCUT2D eigenvalue weighted by atomic mass is 16.5. The van der Waals surface area contributed by atoms with E-state index in [2.05, 4.69) is 10.7 Å². The monoisotopic (exact) mass is 455 g/mol. The van der Waals surface area contributed by atoms with E-state index in [1.54, 1.807) is 43.4 Å². The number of anilines is 3. The lowest BCUT2D eigenvalue weighted by Gasteiger charge is -2.26. The van der Waals surface area contributed by atoms with Gasteiger partial charge in [0.25, 0.3) is 5.91 Å². The van der Waals surface area contributed by atoms with Crippen molar-refractivity contribution in [2.24, 2.45) is 0 Å². The summed E-state index contributed by atoms with van der Waals surface area (Å²) >= 11 is 0. The minimum atomic E-state index is -0.217. The lowest BCUT2D eigenvalue weighted by atomic mass is 10.0. The molecule has 0 heterocycles. The van der Waals surface area contributed by atoms with Crippen molar-refractivity contribution in [1.29, 1.82) is 0 Å². The number of fused-ring (bicyclic) bond motifs is 1. The average Bonchev–Trinajstić information content (AvgIpc) is 2.85. The van der Waals surface area contributed by atoms with E-state index in [-0.39, 0.29) is 17.2 Å². The van der Waals surface area contributed by atoms with Crippen LogP contribution in [0.4, 0.5) is 17.1 Å². The number of phenolic OH excluding ortho intramolecular Hbond substituents is 1. The van der Waals surface area contributed by atoms with Gasteiger partial charge >= 0.3 is 0 Å². The molecule has 0 aliphatic heterocycles. The van der Waals surface area contributed by atoms with Crippen molar-refractivity contribution in [3.63, 3.8) is 0 Å². The van der Waals surface area contributed by atoms with E-state index in [1.165, 1.54) is 0 Å². The lowest BCUT2D eigenvalue weighted by Crippen LogP contribution is -2.25. The highest BCUT2D eigenvalue weighted by molar-refractivity contribution is 6.05. The summed E-state index contributed by atoms with van der Waals surface area (Å²) in [7, 11) is 3.29. The zero-order valence-electron chi connectivity index (χ0n) is 19.1.